The van der Waals surface area contributed by atoms with Gasteiger partial charge in [0.25, 0.3) is 0 Å². The highest BCUT2D eigenvalue weighted by Gasteiger charge is 2.49. The van der Waals surface area contributed by atoms with Crippen molar-refractivity contribution >= 4 is 26.9 Å². The van der Waals surface area contributed by atoms with Gasteiger partial charge in [-0.3, -0.25) is 4.79 Å². The highest BCUT2D eigenvalue weighted by atomic mass is 32.2. The minimum atomic E-state index is -5.99. The van der Waals surface area contributed by atoms with Gasteiger partial charge in [0.05, 0.1) is 11.0 Å². The molecule has 0 aliphatic heterocycles. The van der Waals surface area contributed by atoms with E-state index < -0.39 is 44.5 Å². The summed E-state index contributed by atoms with van der Waals surface area (Å²) in [5, 5.41) is 0.651. The van der Waals surface area contributed by atoms with Gasteiger partial charge in [-0.05, 0) is 72.4 Å². The Labute approximate surface area is 198 Å². The summed E-state index contributed by atoms with van der Waals surface area (Å²) in [5.74, 6) is -1.05. The largest absolute Gasteiger partial charge is 0.534 e. The summed E-state index contributed by atoms with van der Waals surface area (Å²) >= 11 is 0. The van der Waals surface area contributed by atoms with Gasteiger partial charge >= 0.3 is 21.6 Å². The second kappa shape index (κ2) is 9.37. The lowest BCUT2D eigenvalue weighted by Gasteiger charge is -2.31. The fraction of sp³-hybridized carbons (Fsp3) is 0.542. The number of halogens is 3. The van der Waals surface area contributed by atoms with E-state index in [-0.39, 0.29) is 17.6 Å². The van der Waals surface area contributed by atoms with Gasteiger partial charge in [0.1, 0.15) is 12.7 Å². The van der Waals surface area contributed by atoms with E-state index >= 15 is 0 Å². The molecule has 2 aromatic carbocycles. The summed E-state index contributed by atoms with van der Waals surface area (Å²) in [4.78, 5) is 12.4. The van der Waals surface area contributed by atoms with Crippen molar-refractivity contribution in [2.75, 3.05) is 6.61 Å². The molecule has 0 saturated heterocycles. The van der Waals surface area contributed by atoms with Crippen LogP contribution in [0, 0.1) is 19.3 Å². The maximum absolute atomic E-state index is 13.3. The maximum Gasteiger partial charge on any atom is 0.534 e. The lowest BCUT2D eigenvalue weighted by molar-refractivity contribution is -0.162. The van der Waals surface area contributed by atoms with Crippen LogP contribution in [0.2, 0.25) is 0 Å². The molecule has 34 heavy (non-hydrogen) atoms. The number of alkyl halides is 3. The molecule has 6 nitrogen and oxygen atoms in total. The number of rotatable bonds is 6. The van der Waals surface area contributed by atoms with Crippen molar-refractivity contribution in [3.05, 3.63) is 41.0 Å². The highest BCUT2D eigenvalue weighted by molar-refractivity contribution is 7.88. The number of ether oxygens (including phenoxy) is 2. The number of fused-ring (bicyclic) bond motifs is 1. The second-order valence-corrected chi connectivity index (χ2v) is 11.7. The molecule has 0 aliphatic carbocycles. The predicted molar refractivity (Wildman–Crippen MR) is 123 cm³/mol. The van der Waals surface area contributed by atoms with Crippen LogP contribution in [0.5, 0.6) is 5.75 Å². The average molecular weight is 505 g/mol. The first-order valence-corrected chi connectivity index (χ1v) is 12.0. The molecule has 0 amide bonds. The minimum absolute atomic E-state index is 0.0579. The van der Waals surface area contributed by atoms with Crippen molar-refractivity contribution in [3.63, 3.8) is 0 Å². The molecule has 0 spiro atoms. The molecule has 190 valence electrons. The summed E-state index contributed by atoms with van der Waals surface area (Å²) in [5.41, 5.74) is -6.12. The van der Waals surface area contributed by atoms with E-state index in [4.69, 9.17) is 13.7 Å². The van der Waals surface area contributed by atoms with E-state index in [1.54, 1.807) is 73.6 Å². The zero-order valence-electron chi connectivity index (χ0n) is 20.6. The standard InChI is InChI=1S/C24H31F3O6S/c1-14-9-10-16-12-15(2)19(20(17(16)11-14)33-34(29,30)24(25,26)27)18(32-23(6,7)8)13-31-21(28)22(3,4)5/h9-12,18H,13H2,1-8H3/t18-/m1/s1. The third-order valence-corrected chi connectivity index (χ3v) is 5.72. The molecular weight excluding hydrogens is 473 g/mol. The van der Waals surface area contributed by atoms with Crippen LogP contribution in [-0.4, -0.2) is 32.1 Å². The number of benzene rings is 2. The van der Waals surface area contributed by atoms with Crippen molar-refractivity contribution in [1.82, 2.24) is 0 Å². The smallest absolute Gasteiger partial charge is 0.462 e. The molecule has 2 rings (SSSR count). The molecule has 0 N–H and O–H groups in total. The highest BCUT2D eigenvalue weighted by Crippen LogP contribution is 2.42. The predicted octanol–water partition coefficient (Wildman–Crippen LogP) is 6.13. The van der Waals surface area contributed by atoms with Crippen LogP contribution in [0.1, 0.15) is 64.3 Å². The molecule has 0 aromatic heterocycles. The molecule has 0 aliphatic rings. The number of carbonyl (C=O) groups is 1. The fourth-order valence-corrected chi connectivity index (χ4v) is 3.74. The number of esters is 1. The molecule has 0 unspecified atom stereocenters. The Morgan fingerprint density at radius 3 is 2.09 bits per heavy atom. The minimum Gasteiger partial charge on any atom is -0.462 e. The van der Waals surface area contributed by atoms with Crippen molar-refractivity contribution in [1.29, 1.82) is 0 Å². The van der Waals surface area contributed by atoms with E-state index in [9.17, 15) is 26.4 Å². The van der Waals surface area contributed by atoms with Crippen molar-refractivity contribution < 1.29 is 40.0 Å². The Kier molecular flexibility index (Phi) is 7.69. The topological polar surface area (TPSA) is 78.9 Å². The van der Waals surface area contributed by atoms with Crippen molar-refractivity contribution in [2.45, 2.75) is 72.6 Å². The van der Waals surface area contributed by atoms with Gasteiger partial charge in [-0.1, -0.05) is 23.8 Å². The van der Waals surface area contributed by atoms with E-state index in [2.05, 4.69) is 0 Å². The molecule has 0 fully saturated rings. The Hall–Kier alpha value is -2.33. The van der Waals surface area contributed by atoms with Crippen LogP contribution in [0.3, 0.4) is 0 Å². The first-order chi connectivity index (χ1) is 15.2. The first kappa shape index (κ1) is 27.9. The van der Waals surface area contributed by atoms with E-state index in [1.165, 1.54) is 6.07 Å². The average Bonchev–Trinajstić information content (AvgIpc) is 2.63. The zero-order valence-corrected chi connectivity index (χ0v) is 21.4. The van der Waals surface area contributed by atoms with Crippen LogP contribution in [0.4, 0.5) is 13.2 Å². The summed E-state index contributed by atoms with van der Waals surface area (Å²) in [6, 6.07) is 6.64. The van der Waals surface area contributed by atoms with Crippen LogP contribution in [0.15, 0.2) is 24.3 Å². The third kappa shape index (κ3) is 6.63. The van der Waals surface area contributed by atoms with Crippen LogP contribution in [-0.2, 0) is 24.4 Å². The summed E-state index contributed by atoms with van der Waals surface area (Å²) in [7, 11) is -5.99. The molecular formula is C24H31F3O6S. The van der Waals surface area contributed by atoms with Gasteiger partial charge in [-0.2, -0.15) is 21.6 Å². The molecule has 1 atom stereocenters. The lowest BCUT2D eigenvalue weighted by Crippen LogP contribution is -2.31. The van der Waals surface area contributed by atoms with E-state index in [0.29, 0.717) is 16.5 Å². The molecule has 10 heteroatoms. The molecule has 0 saturated carbocycles. The van der Waals surface area contributed by atoms with Crippen molar-refractivity contribution in [3.8, 4) is 5.75 Å². The Bertz CT molecular complexity index is 1170. The third-order valence-electron chi connectivity index (χ3n) is 4.77. The lowest BCUT2D eigenvalue weighted by atomic mass is 9.95. The van der Waals surface area contributed by atoms with Gasteiger partial charge < -0.3 is 13.7 Å². The molecule has 0 radical (unpaired) electrons. The fourth-order valence-electron chi connectivity index (χ4n) is 3.25. The number of aryl methyl sites for hydroxylation is 2. The zero-order chi connectivity index (χ0) is 26.3. The molecule has 2 aromatic rings. The van der Waals surface area contributed by atoms with Gasteiger partial charge in [-0.25, -0.2) is 0 Å². The van der Waals surface area contributed by atoms with Gasteiger partial charge in [-0.15, -0.1) is 0 Å². The van der Waals surface area contributed by atoms with Crippen molar-refractivity contribution in [2.24, 2.45) is 5.41 Å². The first-order valence-electron chi connectivity index (χ1n) is 10.6. The summed E-state index contributed by atoms with van der Waals surface area (Å²) in [6.45, 7) is 13.1. The molecule has 0 bridgehead atoms. The van der Waals surface area contributed by atoms with Gasteiger partial charge in [0, 0.05) is 10.9 Å². The maximum atomic E-state index is 13.3. The van der Waals surface area contributed by atoms with E-state index in [1.807, 2.05) is 0 Å². The Balaban J connectivity index is 2.79. The quantitative estimate of drug-likeness (QED) is 0.268. The molecule has 0 heterocycles. The van der Waals surface area contributed by atoms with E-state index in [0.717, 1.165) is 0 Å². The van der Waals surface area contributed by atoms with Gasteiger partial charge in [0.15, 0.2) is 5.75 Å². The van der Waals surface area contributed by atoms with Crippen LogP contribution < -0.4 is 4.18 Å². The van der Waals surface area contributed by atoms with Gasteiger partial charge in [0.2, 0.25) is 0 Å². The number of hydrogen-bond donors (Lipinski definition) is 0. The normalized spacial score (nSPS) is 14.2. The number of carbonyl (C=O) groups excluding carboxylic acids is 1. The Morgan fingerprint density at radius 1 is 1.00 bits per heavy atom. The summed E-state index contributed by atoms with van der Waals surface area (Å²) < 4.78 is 80.1. The second-order valence-electron chi connectivity index (χ2n) is 10.2. The summed E-state index contributed by atoms with van der Waals surface area (Å²) in [6.07, 6.45) is -1.10. The number of hydrogen-bond acceptors (Lipinski definition) is 6. The monoisotopic (exact) mass is 504 g/mol. The Morgan fingerprint density at radius 2 is 1.59 bits per heavy atom. The SMILES string of the molecule is Cc1ccc2cc(C)c([C@@H](COC(=O)C(C)(C)C)OC(C)(C)C)c(OS(=O)(=O)C(F)(F)F)c2c1. The van der Waals surface area contributed by atoms with Crippen LogP contribution in [0.25, 0.3) is 10.8 Å². The van der Waals surface area contributed by atoms with Crippen LogP contribution >= 0.6 is 0 Å².